The van der Waals surface area contributed by atoms with E-state index in [-0.39, 0.29) is 11.5 Å². The first-order valence-corrected chi connectivity index (χ1v) is 4.12. The molecule has 84 valence electrons. The zero-order chi connectivity index (χ0) is 12.1. The van der Waals surface area contributed by atoms with Crippen LogP contribution in [0.2, 0.25) is 0 Å². The normalized spacial score (nSPS) is 9.25. The van der Waals surface area contributed by atoms with E-state index in [0.717, 1.165) is 12.1 Å². The van der Waals surface area contributed by atoms with Gasteiger partial charge < -0.3 is 16.8 Å². The highest BCUT2D eigenvalue weighted by Gasteiger charge is 2.06. The number of carbonyl (C=O) groups is 2. The summed E-state index contributed by atoms with van der Waals surface area (Å²) in [6.07, 6.45) is 1.17. The molecule has 0 aliphatic rings. The van der Waals surface area contributed by atoms with Gasteiger partial charge in [0.25, 0.3) is 0 Å². The van der Waals surface area contributed by atoms with Gasteiger partial charge in [-0.15, -0.1) is 0 Å². The van der Waals surface area contributed by atoms with Crippen molar-refractivity contribution < 1.29 is 9.59 Å². The van der Waals surface area contributed by atoms with Crippen LogP contribution in [0.4, 0.5) is 21.1 Å². The van der Waals surface area contributed by atoms with Gasteiger partial charge in [-0.3, -0.25) is 10.1 Å². The van der Waals surface area contributed by atoms with Crippen LogP contribution in [0.1, 0.15) is 0 Å². The Morgan fingerprint density at radius 3 is 2.38 bits per heavy atom. The first kappa shape index (κ1) is 11.4. The molecule has 1 rings (SSSR count). The highest BCUT2D eigenvalue weighted by atomic mass is 16.2. The standard InChI is InChI=1S/C8H9N5O3/c9-7(15)12-5-3-4(14)1-2-11-6(5)13-8(10)16/h1-3H,(H3,9,12,15)(H3,10,11,13,16). The molecule has 6 N–H and O–H groups in total. The van der Waals surface area contributed by atoms with Gasteiger partial charge in [0.2, 0.25) is 0 Å². The Morgan fingerprint density at radius 2 is 1.81 bits per heavy atom. The van der Waals surface area contributed by atoms with Gasteiger partial charge in [-0.05, 0) is 0 Å². The molecular weight excluding hydrogens is 214 g/mol. The predicted octanol–water partition coefficient (Wildman–Crippen LogP) is -0.577. The van der Waals surface area contributed by atoms with Gasteiger partial charge in [-0.1, -0.05) is 0 Å². The van der Waals surface area contributed by atoms with Crippen LogP contribution in [-0.4, -0.2) is 17.0 Å². The monoisotopic (exact) mass is 223 g/mol. The van der Waals surface area contributed by atoms with Gasteiger partial charge in [-0.2, -0.15) is 0 Å². The van der Waals surface area contributed by atoms with Crippen molar-refractivity contribution in [2.45, 2.75) is 0 Å². The van der Waals surface area contributed by atoms with Crippen molar-refractivity contribution in [2.24, 2.45) is 11.5 Å². The number of aromatic nitrogens is 1. The third kappa shape index (κ3) is 3.25. The molecule has 8 nitrogen and oxygen atoms in total. The zero-order valence-corrected chi connectivity index (χ0v) is 8.06. The van der Waals surface area contributed by atoms with Crippen LogP contribution in [-0.2, 0) is 0 Å². The van der Waals surface area contributed by atoms with E-state index < -0.39 is 17.5 Å². The van der Waals surface area contributed by atoms with E-state index in [1.54, 1.807) is 0 Å². The Kier molecular flexibility index (Phi) is 3.38. The van der Waals surface area contributed by atoms with E-state index in [9.17, 15) is 14.4 Å². The average molecular weight is 223 g/mol. The molecule has 0 bridgehead atoms. The van der Waals surface area contributed by atoms with Crippen molar-refractivity contribution in [1.29, 1.82) is 0 Å². The lowest BCUT2D eigenvalue weighted by Crippen LogP contribution is -2.24. The third-order valence-corrected chi connectivity index (χ3v) is 1.48. The Balaban J connectivity index is 3.24. The van der Waals surface area contributed by atoms with Crippen LogP contribution in [0.25, 0.3) is 0 Å². The maximum absolute atomic E-state index is 11.1. The van der Waals surface area contributed by atoms with Crippen molar-refractivity contribution in [3.8, 4) is 0 Å². The number of urea groups is 2. The Labute approximate surface area is 89.7 Å². The molecule has 0 aromatic carbocycles. The fourth-order valence-corrected chi connectivity index (χ4v) is 0.958. The second-order valence-electron chi connectivity index (χ2n) is 2.73. The number of carbonyl (C=O) groups excluding carboxylic acids is 2. The largest absolute Gasteiger partial charge is 0.351 e. The summed E-state index contributed by atoms with van der Waals surface area (Å²) in [6, 6.07) is 0.445. The number of hydrogen-bond acceptors (Lipinski definition) is 4. The van der Waals surface area contributed by atoms with Gasteiger partial charge in [0.05, 0.1) is 5.69 Å². The van der Waals surface area contributed by atoms with Gasteiger partial charge in [0.15, 0.2) is 11.2 Å². The second-order valence-corrected chi connectivity index (χ2v) is 2.73. The molecule has 0 saturated heterocycles. The van der Waals surface area contributed by atoms with Crippen LogP contribution < -0.4 is 27.5 Å². The number of anilines is 2. The lowest BCUT2D eigenvalue weighted by Gasteiger charge is -2.04. The van der Waals surface area contributed by atoms with Crippen LogP contribution >= 0.6 is 0 Å². The number of primary amides is 2. The maximum Gasteiger partial charge on any atom is 0.317 e. The van der Waals surface area contributed by atoms with Crippen molar-refractivity contribution in [3.63, 3.8) is 0 Å². The first-order chi connectivity index (χ1) is 7.49. The summed E-state index contributed by atoms with van der Waals surface area (Å²) in [5.41, 5.74) is 9.35. The van der Waals surface area contributed by atoms with Crippen LogP contribution in [0.5, 0.6) is 0 Å². The number of nitrogens with one attached hydrogen (secondary N) is 2. The number of nitrogens with two attached hydrogens (primary N) is 2. The molecule has 0 radical (unpaired) electrons. The fraction of sp³-hybridized carbons (Fsp3) is 0. The molecule has 0 atom stereocenters. The van der Waals surface area contributed by atoms with Gasteiger partial charge in [0, 0.05) is 18.3 Å². The van der Waals surface area contributed by atoms with Crippen LogP contribution in [0.15, 0.2) is 23.1 Å². The Morgan fingerprint density at radius 1 is 1.19 bits per heavy atom. The van der Waals surface area contributed by atoms with E-state index in [1.165, 1.54) is 6.20 Å². The SMILES string of the molecule is NC(=O)Nc1cc(=O)ccnc1NC(N)=O. The van der Waals surface area contributed by atoms with Crippen molar-refractivity contribution in [2.75, 3.05) is 10.6 Å². The summed E-state index contributed by atoms with van der Waals surface area (Å²) in [5.74, 6) is -0.0617. The van der Waals surface area contributed by atoms with Gasteiger partial charge >= 0.3 is 12.1 Å². The first-order valence-electron chi connectivity index (χ1n) is 4.12. The van der Waals surface area contributed by atoms with E-state index in [1.807, 2.05) is 0 Å². The summed E-state index contributed by atoms with van der Waals surface area (Å²) < 4.78 is 0. The molecule has 8 heteroatoms. The Bertz CT molecular complexity index is 487. The quantitative estimate of drug-likeness (QED) is 0.532. The molecule has 1 aromatic rings. The van der Waals surface area contributed by atoms with E-state index in [0.29, 0.717) is 0 Å². The fourth-order valence-electron chi connectivity index (χ4n) is 0.958. The second kappa shape index (κ2) is 4.73. The predicted molar refractivity (Wildman–Crippen MR) is 56.9 cm³/mol. The molecule has 4 amide bonds. The van der Waals surface area contributed by atoms with Crippen LogP contribution in [0, 0.1) is 0 Å². The molecule has 0 unspecified atom stereocenters. The summed E-state index contributed by atoms with van der Waals surface area (Å²) in [5, 5.41) is 4.29. The maximum atomic E-state index is 11.1. The van der Waals surface area contributed by atoms with Crippen molar-refractivity contribution in [1.82, 2.24) is 4.98 Å². The van der Waals surface area contributed by atoms with E-state index in [4.69, 9.17) is 11.5 Å². The molecule has 0 aliphatic carbocycles. The zero-order valence-electron chi connectivity index (χ0n) is 8.06. The van der Waals surface area contributed by atoms with E-state index >= 15 is 0 Å². The molecule has 1 aromatic heterocycles. The minimum Gasteiger partial charge on any atom is -0.351 e. The summed E-state index contributed by atoms with van der Waals surface area (Å²) in [7, 11) is 0. The number of amides is 4. The highest BCUT2D eigenvalue weighted by Crippen LogP contribution is 2.14. The lowest BCUT2D eigenvalue weighted by atomic mass is 10.4. The summed E-state index contributed by atoms with van der Waals surface area (Å²) in [6.45, 7) is 0. The van der Waals surface area contributed by atoms with E-state index in [2.05, 4.69) is 15.6 Å². The molecule has 0 spiro atoms. The highest BCUT2D eigenvalue weighted by molar-refractivity contribution is 5.95. The Hall–Kier alpha value is -2.64. The third-order valence-electron chi connectivity index (χ3n) is 1.48. The number of nitrogens with zero attached hydrogens (tertiary/aromatic N) is 1. The minimum absolute atomic E-state index is 0.0266. The molecule has 0 fully saturated rings. The number of hydrogen-bond donors (Lipinski definition) is 4. The smallest absolute Gasteiger partial charge is 0.317 e. The summed E-state index contributed by atoms with van der Waals surface area (Å²) >= 11 is 0. The molecular formula is C8H9N5O3. The lowest BCUT2D eigenvalue weighted by molar-refractivity contribution is 0.258. The minimum atomic E-state index is -0.889. The van der Waals surface area contributed by atoms with Crippen molar-refractivity contribution in [3.05, 3.63) is 28.6 Å². The van der Waals surface area contributed by atoms with Gasteiger partial charge in [-0.25, -0.2) is 14.6 Å². The average Bonchev–Trinajstić information content (AvgIpc) is 2.27. The topological polar surface area (TPSA) is 140 Å². The van der Waals surface area contributed by atoms with Crippen LogP contribution in [0.3, 0.4) is 0 Å². The molecule has 1 heterocycles. The van der Waals surface area contributed by atoms with Gasteiger partial charge in [0.1, 0.15) is 0 Å². The molecule has 0 saturated carbocycles. The summed E-state index contributed by atoms with van der Waals surface area (Å²) in [4.78, 5) is 36.1. The molecule has 16 heavy (non-hydrogen) atoms. The number of rotatable bonds is 2. The molecule has 0 aliphatic heterocycles. The van der Waals surface area contributed by atoms with Crippen molar-refractivity contribution >= 4 is 23.6 Å².